The van der Waals surface area contributed by atoms with E-state index in [9.17, 15) is 27.9 Å². The van der Waals surface area contributed by atoms with Crippen LogP contribution in [0.2, 0.25) is 0 Å². The Morgan fingerprint density at radius 3 is 2.44 bits per heavy atom. The summed E-state index contributed by atoms with van der Waals surface area (Å²) in [5.41, 5.74) is 2.44. The van der Waals surface area contributed by atoms with Crippen molar-refractivity contribution in [2.24, 2.45) is 0 Å². The van der Waals surface area contributed by atoms with Gasteiger partial charge >= 0.3 is 6.18 Å². The van der Waals surface area contributed by atoms with Gasteiger partial charge in [-0.05, 0) is 49.6 Å². The fourth-order valence-corrected chi connectivity index (χ4v) is 3.57. The number of hydrogen-bond acceptors (Lipinski definition) is 4. The van der Waals surface area contributed by atoms with Gasteiger partial charge in [0.2, 0.25) is 11.8 Å². The maximum atomic E-state index is 12.8. The third-order valence-electron chi connectivity index (χ3n) is 5.37. The minimum atomic E-state index is -4.54. The molecule has 2 aromatic rings. The van der Waals surface area contributed by atoms with E-state index in [1.807, 2.05) is 32.9 Å². The Bertz CT molecular complexity index is 979. The first kappa shape index (κ1) is 27.3. The highest BCUT2D eigenvalue weighted by atomic mass is 19.4. The number of benzene rings is 2. The molecular weight excluding hydrogens is 447 g/mol. The van der Waals surface area contributed by atoms with Gasteiger partial charge in [-0.1, -0.05) is 43.2 Å². The molecule has 0 radical (unpaired) electrons. The van der Waals surface area contributed by atoms with Crippen molar-refractivity contribution in [1.29, 1.82) is 0 Å². The molecule has 0 aromatic heterocycles. The molecule has 6 nitrogen and oxygen atoms in total. The molecule has 4 N–H and O–H groups in total. The summed E-state index contributed by atoms with van der Waals surface area (Å²) >= 11 is 0. The van der Waals surface area contributed by atoms with Crippen molar-refractivity contribution >= 4 is 17.5 Å². The summed E-state index contributed by atoms with van der Waals surface area (Å²) in [6, 6.07) is 9.68. The molecule has 0 aliphatic rings. The summed E-state index contributed by atoms with van der Waals surface area (Å²) in [6.45, 7) is 6.77. The standard InChI is InChI=1S/C25H32F3N3O3/c1-4-6-22(32)21(15-29-14-18-10-9-16(2)11-17(18)3)31-24(34)13-23(33)30-20-8-5-7-19(12-20)25(26,27)28/h5,7-12,21-22,29,32H,4,6,13-15H2,1-3H3,(H,30,33)(H,31,34)/t21-,22-/m0/s1. The number of aryl methyl sites for hydroxylation is 2. The van der Waals surface area contributed by atoms with Gasteiger partial charge in [0.25, 0.3) is 0 Å². The van der Waals surface area contributed by atoms with Crippen LogP contribution in [0.4, 0.5) is 18.9 Å². The van der Waals surface area contributed by atoms with E-state index in [1.54, 1.807) is 0 Å². The zero-order valence-electron chi connectivity index (χ0n) is 19.6. The predicted molar refractivity (Wildman–Crippen MR) is 125 cm³/mol. The van der Waals surface area contributed by atoms with Gasteiger partial charge in [0.1, 0.15) is 6.42 Å². The number of halogens is 3. The van der Waals surface area contributed by atoms with Crippen LogP contribution in [0.15, 0.2) is 42.5 Å². The molecule has 0 unspecified atom stereocenters. The highest BCUT2D eigenvalue weighted by Crippen LogP contribution is 2.30. The Labute approximate surface area is 197 Å². The first-order valence-corrected chi connectivity index (χ1v) is 11.2. The van der Waals surface area contributed by atoms with Crippen molar-refractivity contribution in [2.75, 3.05) is 11.9 Å². The number of hydrogen-bond donors (Lipinski definition) is 4. The van der Waals surface area contributed by atoms with Gasteiger partial charge in [0.05, 0.1) is 17.7 Å². The molecule has 2 aromatic carbocycles. The van der Waals surface area contributed by atoms with E-state index in [0.29, 0.717) is 19.4 Å². The third kappa shape index (κ3) is 8.79. The monoisotopic (exact) mass is 479 g/mol. The summed E-state index contributed by atoms with van der Waals surface area (Å²) in [5.74, 6) is -1.37. The third-order valence-corrected chi connectivity index (χ3v) is 5.37. The maximum absolute atomic E-state index is 12.8. The largest absolute Gasteiger partial charge is 0.416 e. The molecule has 2 rings (SSSR count). The molecule has 0 saturated heterocycles. The summed E-state index contributed by atoms with van der Waals surface area (Å²) in [7, 11) is 0. The van der Waals surface area contributed by atoms with Crippen LogP contribution in [0.1, 0.15) is 48.4 Å². The summed E-state index contributed by atoms with van der Waals surface area (Å²) in [5, 5.41) is 18.7. The molecule has 34 heavy (non-hydrogen) atoms. The molecular formula is C25H32F3N3O3. The Balaban J connectivity index is 1.93. The average molecular weight is 480 g/mol. The van der Waals surface area contributed by atoms with E-state index in [0.717, 1.165) is 28.8 Å². The number of carbonyl (C=O) groups excluding carboxylic acids is 2. The van der Waals surface area contributed by atoms with Gasteiger partial charge in [0, 0.05) is 18.8 Å². The van der Waals surface area contributed by atoms with Crippen LogP contribution in [-0.2, 0) is 22.3 Å². The van der Waals surface area contributed by atoms with Crippen LogP contribution in [0, 0.1) is 13.8 Å². The van der Waals surface area contributed by atoms with Crippen LogP contribution in [-0.4, -0.2) is 35.6 Å². The lowest BCUT2D eigenvalue weighted by Gasteiger charge is -2.24. The Morgan fingerprint density at radius 2 is 1.79 bits per heavy atom. The van der Waals surface area contributed by atoms with E-state index in [2.05, 4.69) is 22.0 Å². The lowest BCUT2D eigenvalue weighted by atomic mass is 10.0. The van der Waals surface area contributed by atoms with Crippen molar-refractivity contribution in [3.8, 4) is 0 Å². The fourth-order valence-electron chi connectivity index (χ4n) is 3.57. The van der Waals surface area contributed by atoms with E-state index < -0.39 is 42.1 Å². The summed E-state index contributed by atoms with van der Waals surface area (Å²) in [4.78, 5) is 24.6. The van der Waals surface area contributed by atoms with Crippen LogP contribution >= 0.6 is 0 Å². The SMILES string of the molecule is CCC[C@H](O)[C@H](CNCc1ccc(C)cc1C)NC(=O)CC(=O)Nc1cccc(C(F)(F)F)c1. The number of alkyl halides is 3. The topological polar surface area (TPSA) is 90.5 Å². The second-order valence-corrected chi connectivity index (χ2v) is 8.39. The van der Waals surface area contributed by atoms with Crippen LogP contribution in [0.5, 0.6) is 0 Å². The molecule has 186 valence electrons. The van der Waals surface area contributed by atoms with Crippen molar-refractivity contribution in [1.82, 2.24) is 10.6 Å². The van der Waals surface area contributed by atoms with E-state index >= 15 is 0 Å². The minimum Gasteiger partial charge on any atom is -0.391 e. The number of anilines is 1. The predicted octanol–water partition coefficient (Wildman–Crippen LogP) is 4.09. The summed E-state index contributed by atoms with van der Waals surface area (Å²) in [6.07, 6.45) is -4.76. The zero-order valence-corrected chi connectivity index (χ0v) is 19.6. The lowest BCUT2D eigenvalue weighted by Crippen LogP contribution is -2.49. The van der Waals surface area contributed by atoms with E-state index in [1.165, 1.54) is 12.1 Å². The highest BCUT2D eigenvalue weighted by Gasteiger charge is 2.30. The molecule has 0 saturated carbocycles. The van der Waals surface area contributed by atoms with Crippen LogP contribution in [0.25, 0.3) is 0 Å². The van der Waals surface area contributed by atoms with Gasteiger partial charge < -0.3 is 21.1 Å². The quantitative estimate of drug-likeness (QED) is 0.366. The molecule has 0 heterocycles. The first-order valence-electron chi connectivity index (χ1n) is 11.2. The van der Waals surface area contributed by atoms with E-state index in [-0.39, 0.29) is 12.2 Å². The van der Waals surface area contributed by atoms with Gasteiger partial charge in [-0.15, -0.1) is 0 Å². The Hall–Kier alpha value is -2.91. The summed E-state index contributed by atoms with van der Waals surface area (Å²) < 4.78 is 38.5. The van der Waals surface area contributed by atoms with Crippen LogP contribution < -0.4 is 16.0 Å². The first-order chi connectivity index (χ1) is 16.0. The number of carbonyl (C=O) groups is 2. The zero-order chi connectivity index (χ0) is 25.3. The molecule has 2 atom stereocenters. The second kappa shape index (κ2) is 12.5. The van der Waals surface area contributed by atoms with Gasteiger partial charge in [0.15, 0.2) is 0 Å². The number of rotatable bonds is 11. The molecule has 0 fully saturated rings. The molecule has 0 bridgehead atoms. The van der Waals surface area contributed by atoms with Gasteiger partial charge in [-0.3, -0.25) is 9.59 Å². The van der Waals surface area contributed by atoms with Crippen molar-refractivity contribution < 1.29 is 27.9 Å². The smallest absolute Gasteiger partial charge is 0.391 e. The molecule has 2 amide bonds. The molecule has 0 spiro atoms. The normalized spacial score (nSPS) is 13.3. The molecule has 9 heteroatoms. The van der Waals surface area contributed by atoms with Gasteiger partial charge in [-0.25, -0.2) is 0 Å². The molecule has 0 aliphatic heterocycles. The van der Waals surface area contributed by atoms with E-state index in [4.69, 9.17) is 0 Å². The average Bonchev–Trinajstić information content (AvgIpc) is 2.74. The van der Waals surface area contributed by atoms with Gasteiger partial charge in [-0.2, -0.15) is 13.2 Å². The number of nitrogens with one attached hydrogen (secondary N) is 3. The highest BCUT2D eigenvalue weighted by molar-refractivity contribution is 6.03. The van der Waals surface area contributed by atoms with Crippen molar-refractivity contribution in [2.45, 2.75) is 64.9 Å². The van der Waals surface area contributed by atoms with Crippen molar-refractivity contribution in [3.63, 3.8) is 0 Å². The van der Waals surface area contributed by atoms with Crippen molar-refractivity contribution in [3.05, 3.63) is 64.7 Å². The second-order valence-electron chi connectivity index (χ2n) is 8.39. The Morgan fingerprint density at radius 1 is 1.06 bits per heavy atom. The number of amides is 2. The lowest BCUT2D eigenvalue weighted by molar-refractivity contribution is -0.137. The Kier molecular flexibility index (Phi) is 10.1. The van der Waals surface area contributed by atoms with Crippen LogP contribution in [0.3, 0.4) is 0 Å². The fraction of sp³-hybridized carbons (Fsp3) is 0.440. The molecule has 0 aliphatic carbocycles. The number of aliphatic hydroxyl groups excluding tert-OH is 1. The minimum absolute atomic E-state index is 0.0506. The number of aliphatic hydroxyl groups is 1. The maximum Gasteiger partial charge on any atom is 0.416 e.